The van der Waals surface area contributed by atoms with Crippen LogP contribution in [0.25, 0.3) is 0 Å². The van der Waals surface area contributed by atoms with E-state index in [1.54, 1.807) is 0 Å². The lowest BCUT2D eigenvalue weighted by atomic mass is 10.1. The molecule has 0 bridgehead atoms. The molecule has 0 atom stereocenters. The van der Waals surface area contributed by atoms with Crippen LogP contribution in [0.2, 0.25) is 0 Å². The Morgan fingerprint density at radius 2 is 1.00 bits per heavy atom. The van der Waals surface area contributed by atoms with Gasteiger partial charge >= 0.3 is 0 Å². The molecule has 2 aromatic rings. The summed E-state index contributed by atoms with van der Waals surface area (Å²) < 4.78 is 0. The second-order valence-electron chi connectivity index (χ2n) is 3.84. The van der Waals surface area contributed by atoms with Crippen LogP contribution in [-0.2, 0) is 0 Å². The topological polar surface area (TPSA) is 0 Å². The number of benzene rings is 2. The van der Waals surface area contributed by atoms with E-state index in [2.05, 4.69) is 30.3 Å². The summed E-state index contributed by atoms with van der Waals surface area (Å²) in [5.41, 5.74) is 1.53. The van der Waals surface area contributed by atoms with Crippen LogP contribution in [0.4, 0.5) is 0 Å². The molecule has 1 aliphatic rings. The van der Waals surface area contributed by atoms with Gasteiger partial charge in [0.2, 0.25) is 0 Å². The van der Waals surface area contributed by atoms with Crippen molar-refractivity contribution in [1.82, 2.24) is 0 Å². The molecule has 0 N–H and O–H groups in total. The molecule has 1 fully saturated rings. The maximum atomic E-state index is 2.22. The standard InChI is InChI=1S/C9H10.C6H6.C2H6/c1-2-4-8(5-3-1)9-6-7-9;1-2-4-6-5-3-1;1-2/h1-5,9H,6-7H2;1-6H;1-2H3. The Bertz CT molecular complexity index is 333. The van der Waals surface area contributed by atoms with Gasteiger partial charge in [0, 0.05) is 0 Å². The third-order valence-corrected chi connectivity index (χ3v) is 2.51. The van der Waals surface area contributed by atoms with Crippen molar-refractivity contribution in [3.05, 3.63) is 72.3 Å². The van der Waals surface area contributed by atoms with Crippen molar-refractivity contribution in [2.45, 2.75) is 32.6 Å². The first-order valence-electron chi connectivity index (χ1n) is 6.52. The van der Waals surface area contributed by atoms with E-state index in [4.69, 9.17) is 0 Å². The average molecular weight is 226 g/mol. The summed E-state index contributed by atoms with van der Waals surface area (Å²) in [5, 5.41) is 0. The van der Waals surface area contributed by atoms with E-state index >= 15 is 0 Å². The largest absolute Gasteiger partial charge is 0.0683 e. The number of hydrogen-bond donors (Lipinski definition) is 0. The molecule has 0 radical (unpaired) electrons. The van der Waals surface area contributed by atoms with Crippen molar-refractivity contribution in [3.8, 4) is 0 Å². The molecule has 3 rings (SSSR count). The molecular weight excluding hydrogens is 204 g/mol. The van der Waals surface area contributed by atoms with Gasteiger partial charge in [0.25, 0.3) is 0 Å². The van der Waals surface area contributed by atoms with Gasteiger partial charge < -0.3 is 0 Å². The van der Waals surface area contributed by atoms with Crippen LogP contribution in [0.5, 0.6) is 0 Å². The van der Waals surface area contributed by atoms with Crippen molar-refractivity contribution in [3.63, 3.8) is 0 Å². The molecule has 0 aromatic heterocycles. The molecule has 0 spiro atoms. The highest BCUT2D eigenvalue weighted by Gasteiger charge is 2.22. The van der Waals surface area contributed by atoms with E-state index in [0.29, 0.717) is 0 Å². The lowest BCUT2D eigenvalue weighted by Gasteiger charge is -1.92. The maximum absolute atomic E-state index is 2.22. The summed E-state index contributed by atoms with van der Waals surface area (Å²) in [4.78, 5) is 0. The van der Waals surface area contributed by atoms with Crippen molar-refractivity contribution < 1.29 is 0 Å². The van der Waals surface area contributed by atoms with Gasteiger partial charge in [0.15, 0.2) is 0 Å². The highest BCUT2D eigenvalue weighted by molar-refractivity contribution is 5.22. The Labute approximate surface area is 105 Å². The zero-order chi connectivity index (χ0) is 12.3. The highest BCUT2D eigenvalue weighted by atomic mass is 14.3. The first-order valence-corrected chi connectivity index (χ1v) is 6.52. The highest BCUT2D eigenvalue weighted by Crippen LogP contribution is 2.39. The second kappa shape index (κ2) is 8.58. The summed E-state index contributed by atoms with van der Waals surface area (Å²) in [5.74, 6) is 0.909. The number of rotatable bonds is 1. The fraction of sp³-hybridized carbons (Fsp3) is 0.294. The zero-order valence-electron chi connectivity index (χ0n) is 10.8. The zero-order valence-corrected chi connectivity index (χ0v) is 10.8. The van der Waals surface area contributed by atoms with E-state index in [9.17, 15) is 0 Å². The molecule has 2 aromatic carbocycles. The second-order valence-corrected chi connectivity index (χ2v) is 3.84. The fourth-order valence-electron chi connectivity index (χ4n) is 1.53. The van der Waals surface area contributed by atoms with E-state index in [-0.39, 0.29) is 0 Å². The minimum atomic E-state index is 0.909. The van der Waals surface area contributed by atoms with Crippen LogP contribution in [0.1, 0.15) is 38.2 Å². The molecule has 0 nitrogen and oxygen atoms in total. The van der Waals surface area contributed by atoms with Crippen molar-refractivity contribution in [1.29, 1.82) is 0 Å². The molecule has 17 heavy (non-hydrogen) atoms. The Morgan fingerprint density at radius 1 is 0.647 bits per heavy atom. The first-order chi connectivity index (χ1) is 8.47. The summed E-state index contributed by atoms with van der Waals surface area (Å²) >= 11 is 0. The van der Waals surface area contributed by atoms with E-state index in [1.165, 1.54) is 18.4 Å². The lowest BCUT2D eigenvalue weighted by molar-refractivity contribution is 1.13. The molecular formula is C17H22. The summed E-state index contributed by atoms with van der Waals surface area (Å²) in [6, 6.07) is 22.8. The van der Waals surface area contributed by atoms with Crippen LogP contribution in [0.15, 0.2) is 66.7 Å². The Morgan fingerprint density at radius 3 is 1.35 bits per heavy atom. The molecule has 1 saturated carbocycles. The average Bonchev–Trinajstić information content (AvgIpc) is 3.29. The summed E-state index contributed by atoms with van der Waals surface area (Å²) in [7, 11) is 0. The first kappa shape index (κ1) is 13.5. The third-order valence-electron chi connectivity index (χ3n) is 2.51. The fourth-order valence-corrected chi connectivity index (χ4v) is 1.53. The summed E-state index contributed by atoms with van der Waals surface area (Å²) in [6.07, 6.45) is 2.81. The van der Waals surface area contributed by atoms with Crippen molar-refractivity contribution in [2.24, 2.45) is 0 Å². The smallest absolute Gasteiger partial charge is 0.0162 e. The summed E-state index contributed by atoms with van der Waals surface area (Å²) in [6.45, 7) is 4.00. The molecule has 0 heteroatoms. The lowest BCUT2D eigenvalue weighted by Crippen LogP contribution is -1.73. The van der Waals surface area contributed by atoms with Gasteiger partial charge in [-0.1, -0.05) is 80.6 Å². The monoisotopic (exact) mass is 226 g/mol. The van der Waals surface area contributed by atoms with Gasteiger partial charge in [-0.25, -0.2) is 0 Å². The third kappa shape index (κ3) is 5.91. The predicted octanol–water partition coefficient (Wildman–Crippen LogP) is 5.28. The molecule has 0 heterocycles. The molecule has 0 saturated heterocycles. The minimum absolute atomic E-state index is 0.909. The van der Waals surface area contributed by atoms with Gasteiger partial charge in [-0.15, -0.1) is 0 Å². The SMILES string of the molecule is CC.c1ccc(C2CC2)cc1.c1ccccc1. The van der Waals surface area contributed by atoms with Gasteiger partial charge in [-0.05, 0) is 24.3 Å². The van der Waals surface area contributed by atoms with Crippen LogP contribution in [-0.4, -0.2) is 0 Å². The maximum Gasteiger partial charge on any atom is -0.0162 e. The molecule has 0 unspecified atom stereocenters. The molecule has 0 amide bonds. The molecule has 90 valence electrons. The number of hydrogen-bond acceptors (Lipinski definition) is 0. The van der Waals surface area contributed by atoms with Crippen LogP contribution >= 0.6 is 0 Å². The molecule has 0 aliphatic heterocycles. The van der Waals surface area contributed by atoms with Crippen molar-refractivity contribution >= 4 is 0 Å². The van der Waals surface area contributed by atoms with E-state index < -0.39 is 0 Å². The normalized spacial score (nSPS) is 12.6. The molecule has 1 aliphatic carbocycles. The van der Waals surface area contributed by atoms with Gasteiger partial charge in [0.1, 0.15) is 0 Å². The Balaban J connectivity index is 0.000000158. The van der Waals surface area contributed by atoms with Gasteiger partial charge in [0.05, 0.1) is 0 Å². The Kier molecular flexibility index (Phi) is 6.81. The van der Waals surface area contributed by atoms with Crippen molar-refractivity contribution in [2.75, 3.05) is 0 Å². The minimum Gasteiger partial charge on any atom is -0.0683 e. The Hall–Kier alpha value is -1.56. The van der Waals surface area contributed by atoms with Gasteiger partial charge in [-0.2, -0.15) is 0 Å². The van der Waals surface area contributed by atoms with Crippen LogP contribution in [0.3, 0.4) is 0 Å². The predicted molar refractivity (Wildman–Crippen MR) is 76.2 cm³/mol. The van der Waals surface area contributed by atoms with Gasteiger partial charge in [-0.3, -0.25) is 0 Å². The van der Waals surface area contributed by atoms with E-state index in [1.807, 2.05) is 50.2 Å². The van der Waals surface area contributed by atoms with Crippen LogP contribution < -0.4 is 0 Å². The van der Waals surface area contributed by atoms with Crippen LogP contribution in [0, 0.1) is 0 Å². The quantitative estimate of drug-likeness (QED) is 0.621. The van der Waals surface area contributed by atoms with E-state index in [0.717, 1.165) is 5.92 Å².